The van der Waals surface area contributed by atoms with Crippen LogP contribution in [0.15, 0.2) is 0 Å². The number of unbranched alkanes of at least 4 members (excludes halogenated alkanes) is 2. The highest BCUT2D eigenvalue weighted by Crippen LogP contribution is 1.99. The molecule has 4 heteroatoms. The lowest BCUT2D eigenvalue weighted by atomic mass is 10.2. The monoisotopic (exact) mass is 214 g/mol. The Morgan fingerprint density at radius 1 is 1.13 bits per heavy atom. The Hall–Kier alpha value is -1.06. The lowest BCUT2D eigenvalue weighted by Crippen LogP contribution is -2.29. The van der Waals surface area contributed by atoms with E-state index in [1.54, 1.807) is 0 Å². The van der Waals surface area contributed by atoms with E-state index >= 15 is 0 Å². The molecule has 15 heavy (non-hydrogen) atoms. The number of hydrogen-bond donors (Lipinski definition) is 2. The molecule has 0 radical (unpaired) electrons. The molecule has 0 saturated heterocycles. The second-order valence-corrected chi connectivity index (χ2v) is 4.02. The predicted octanol–water partition coefficient (Wildman–Crippen LogP) is 1.21. The van der Waals surface area contributed by atoms with Crippen LogP contribution in [0.4, 0.5) is 0 Å². The molecule has 0 aromatic carbocycles. The van der Waals surface area contributed by atoms with Gasteiger partial charge in [0, 0.05) is 25.9 Å². The molecule has 0 rings (SSSR count). The van der Waals surface area contributed by atoms with Crippen molar-refractivity contribution in [1.82, 2.24) is 10.6 Å². The first-order valence-corrected chi connectivity index (χ1v) is 5.56. The molecule has 88 valence electrons. The van der Waals surface area contributed by atoms with Gasteiger partial charge in [-0.25, -0.2) is 0 Å². The SMILES string of the molecule is CC(=O)NCCCCCC(=O)NC(C)C. The van der Waals surface area contributed by atoms with Crippen LogP contribution in [0.3, 0.4) is 0 Å². The molecule has 0 spiro atoms. The second-order valence-electron chi connectivity index (χ2n) is 4.02. The van der Waals surface area contributed by atoms with Crippen LogP contribution in [0.1, 0.15) is 46.5 Å². The van der Waals surface area contributed by atoms with E-state index in [1.165, 1.54) is 6.92 Å². The van der Waals surface area contributed by atoms with Gasteiger partial charge in [-0.05, 0) is 26.7 Å². The highest BCUT2D eigenvalue weighted by atomic mass is 16.2. The summed E-state index contributed by atoms with van der Waals surface area (Å²) in [5.41, 5.74) is 0. The van der Waals surface area contributed by atoms with Crippen molar-refractivity contribution in [2.45, 2.75) is 52.5 Å². The first-order valence-electron chi connectivity index (χ1n) is 5.56. The number of nitrogens with one attached hydrogen (secondary N) is 2. The van der Waals surface area contributed by atoms with E-state index in [1.807, 2.05) is 13.8 Å². The van der Waals surface area contributed by atoms with Crippen molar-refractivity contribution in [2.24, 2.45) is 0 Å². The van der Waals surface area contributed by atoms with Crippen LogP contribution >= 0.6 is 0 Å². The first-order chi connectivity index (χ1) is 7.02. The molecule has 0 aromatic heterocycles. The van der Waals surface area contributed by atoms with Gasteiger partial charge in [-0.2, -0.15) is 0 Å². The molecule has 0 unspecified atom stereocenters. The maximum absolute atomic E-state index is 11.2. The summed E-state index contributed by atoms with van der Waals surface area (Å²) in [5.74, 6) is 0.122. The van der Waals surface area contributed by atoms with Crippen molar-refractivity contribution >= 4 is 11.8 Å². The number of carbonyl (C=O) groups excluding carboxylic acids is 2. The molecule has 0 heterocycles. The summed E-state index contributed by atoms with van der Waals surface area (Å²) >= 11 is 0. The van der Waals surface area contributed by atoms with Gasteiger partial charge < -0.3 is 10.6 Å². The Morgan fingerprint density at radius 3 is 2.33 bits per heavy atom. The molecule has 0 aliphatic carbocycles. The van der Waals surface area contributed by atoms with Crippen molar-refractivity contribution in [1.29, 1.82) is 0 Å². The summed E-state index contributed by atoms with van der Waals surface area (Å²) in [6.45, 7) is 6.13. The Bertz CT molecular complexity index is 203. The topological polar surface area (TPSA) is 58.2 Å². The van der Waals surface area contributed by atoms with E-state index in [9.17, 15) is 9.59 Å². The summed E-state index contributed by atoms with van der Waals surface area (Å²) in [7, 11) is 0. The average Bonchev–Trinajstić information content (AvgIpc) is 2.09. The highest BCUT2D eigenvalue weighted by Gasteiger charge is 2.02. The van der Waals surface area contributed by atoms with Crippen molar-refractivity contribution in [3.05, 3.63) is 0 Å². The lowest BCUT2D eigenvalue weighted by Gasteiger charge is -2.07. The van der Waals surface area contributed by atoms with Gasteiger partial charge in [-0.3, -0.25) is 9.59 Å². The van der Waals surface area contributed by atoms with Crippen LogP contribution in [0.5, 0.6) is 0 Å². The molecule has 0 saturated carbocycles. The fraction of sp³-hybridized carbons (Fsp3) is 0.818. The van der Waals surface area contributed by atoms with E-state index < -0.39 is 0 Å². The van der Waals surface area contributed by atoms with Crippen molar-refractivity contribution in [3.63, 3.8) is 0 Å². The number of amides is 2. The van der Waals surface area contributed by atoms with Crippen LogP contribution < -0.4 is 10.6 Å². The van der Waals surface area contributed by atoms with Gasteiger partial charge in [0.1, 0.15) is 0 Å². The largest absolute Gasteiger partial charge is 0.356 e. The molecule has 0 aromatic rings. The molecular weight excluding hydrogens is 192 g/mol. The maximum Gasteiger partial charge on any atom is 0.220 e. The summed E-state index contributed by atoms with van der Waals surface area (Å²) < 4.78 is 0. The van der Waals surface area contributed by atoms with E-state index in [0.29, 0.717) is 13.0 Å². The van der Waals surface area contributed by atoms with E-state index in [4.69, 9.17) is 0 Å². The molecule has 4 nitrogen and oxygen atoms in total. The minimum Gasteiger partial charge on any atom is -0.356 e. The molecule has 2 N–H and O–H groups in total. The highest BCUT2D eigenvalue weighted by molar-refractivity contribution is 5.76. The second kappa shape index (κ2) is 8.26. The van der Waals surface area contributed by atoms with Crippen LogP contribution in [0, 0.1) is 0 Å². The van der Waals surface area contributed by atoms with E-state index in [-0.39, 0.29) is 17.9 Å². The van der Waals surface area contributed by atoms with Crippen LogP contribution in [-0.2, 0) is 9.59 Å². The Kier molecular flexibility index (Phi) is 7.68. The summed E-state index contributed by atoms with van der Waals surface area (Å²) in [6, 6.07) is 0.219. The van der Waals surface area contributed by atoms with E-state index in [2.05, 4.69) is 10.6 Å². The summed E-state index contributed by atoms with van der Waals surface area (Å²) in [6.07, 6.45) is 3.39. The summed E-state index contributed by atoms with van der Waals surface area (Å²) in [4.78, 5) is 21.7. The zero-order valence-electron chi connectivity index (χ0n) is 9.93. The Labute approximate surface area is 91.8 Å². The van der Waals surface area contributed by atoms with Gasteiger partial charge in [0.15, 0.2) is 0 Å². The Morgan fingerprint density at radius 2 is 1.80 bits per heavy atom. The molecular formula is C11H22N2O2. The van der Waals surface area contributed by atoms with Crippen LogP contribution in [0.2, 0.25) is 0 Å². The third kappa shape index (κ3) is 10.9. The van der Waals surface area contributed by atoms with Gasteiger partial charge in [0.05, 0.1) is 0 Å². The fourth-order valence-electron chi connectivity index (χ4n) is 1.25. The molecule has 0 bridgehead atoms. The first kappa shape index (κ1) is 13.9. The summed E-state index contributed by atoms with van der Waals surface area (Å²) in [5, 5.41) is 5.57. The van der Waals surface area contributed by atoms with Gasteiger partial charge in [0.25, 0.3) is 0 Å². The van der Waals surface area contributed by atoms with Crippen LogP contribution in [0.25, 0.3) is 0 Å². The zero-order chi connectivity index (χ0) is 11.7. The maximum atomic E-state index is 11.2. The minimum absolute atomic E-state index is 0.00699. The molecule has 0 fully saturated rings. The number of rotatable bonds is 7. The predicted molar refractivity (Wildman–Crippen MR) is 60.4 cm³/mol. The lowest BCUT2D eigenvalue weighted by molar-refractivity contribution is -0.122. The molecule has 0 aliphatic rings. The van der Waals surface area contributed by atoms with Crippen LogP contribution in [-0.4, -0.2) is 24.4 Å². The average molecular weight is 214 g/mol. The van der Waals surface area contributed by atoms with Gasteiger partial charge in [-0.15, -0.1) is 0 Å². The standard InChI is InChI=1S/C11H22N2O2/c1-9(2)13-11(15)7-5-4-6-8-12-10(3)14/h9H,4-8H2,1-3H3,(H,12,14)(H,13,15). The number of carbonyl (C=O) groups is 2. The molecule has 0 aliphatic heterocycles. The normalized spacial score (nSPS) is 10.1. The quantitative estimate of drug-likeness (QED) is 0.626. The Balaban J connectivity index is 3.24. The third-order valence-electron chi connectivity index (χ3n) is 1.90. The van der Waals surface area contributed by atoms with Crippen molar-refractivity contribution in [3.8, 4) is 0 Å². The zero-order valence-corrected chi connectivity index (χ0v) is 9.93. The van der Waals surface area contributed by atoms with Gasteiger partial charge in [-0.1, -0.05) is 6.42 Å². The number of hydrogen-bond acceptors (Lipinski definition) is 2. The van der Waals surface area contributed by atoms with Gasteiger partial charge >= 0.3 is 0 Å². The van der Waals surface area contributed by atoms with E-state index in [0.717, 1.165) is 19.3 Å². The molecule has 0 atom stereocenters. The van der Waals surface area contributed by atoms with Crippen molar-refractivity contribution < 1.29 is 9.59 Å². The smallest absolute Gasteiger partial charge is 0.220 e. The minimum atomic E-state index is 0.00699. The third-order valence-corrected chi connectivity index (χ3v) is 1.90. The van der Waals surface area contributed by atoms with Crippen molar-refractivity contribution in [2.75, 3.05) is 6.54 Å². The molecule has 2 amide bonds. The van der Waals surface area contributed by atoms with Gasteiger partial charge in [0.2, 0.25) is 11.8 Å². The fourth-order valence-corrected chi connectivity index (χ4v) is 1.25.